The van der Waals surface area contributed by atoms with Crippen LogP contribution in [0.5, 0.6) is 0 Å². The highest BCUT2D eigenvalue weighted by Crippen LogP contribution is 2.39. The number of carbonyl (C=O) groups is 1. The zero-order chi connectivity index (χ0) is 20.8. The van der Waals surface area contributed by atoms with E-state index in [1.165, 1.54) is 0 Å². The van der Waals surface area contributed by atoms with Gasteiger partial charge in [-0.15, -0.1) is 0 Å². The number of esters is 1. The van der Waals surface area contributed by atoms with E-state index in [0.717, 1.165) is 11.1 Å². The molecule has 1 fully saturated rings. The molecule has 7 heteroatoms. The molecule has 3 rings (SSSR count). The van der Waals surface area contributed by atoms with Crippen LogP contribution in [0.2, 0.25) is 5.02 Å². The average Bonchev–Trinajstić information content (AvgIpc) is 2.70. The number of hydrogen-bond donors (Lipinski definition) is 0. The van der Waals surface area contributed by atoms with Gasteiger partial charge in [0.2, 0.25) is 6.04 Å². The normalized spacial score (nSPS) is 22.2. The molecule has 1 aliphatic rings. The van der Waals surface area contributed by atoms with Crippen LogP contribution in [0.15, 0.2) is 54.6 Å². The molecule has 0 aromatic heterocycles. The Balaban J connectivity index is 1.94. The molecule has 1 heterocycles. The lowest BCUT2D eigenvalue weighted by Gasteiger charge is -2.41. The Labute approximate surface area is 175 Å². The van der Waals surface area contributed by atoms with E-state index in [0.29, 0.717) is 24.5 Å². The van der Waals surface area contributed by atoms with Gasteiger partial charge < -0.3 is 4.74 Å². The number of likely N-dealkylation sites (tertiary alicyclic amines) is 1. The number of nitro groups is 1. The number of hydrogen-bond acceptors (Lipinski definition) is 5. The van der Waals surface area contributed by atoms with Crippen molar-refractivity contribution in [3.05, 3.63) is 80.9 Å². The monoisotopic (exact) mass is 416 g/mol. The highest BCUT2D eigenvalue weighted by atomic mass is 35.5. The Hall–Kier alpha value is -2.44. The molecule has 29 heavy (non-hydrogen) atoms. The van der Waals surface area contributed by atoms with Crippen LogP contribution in [0.4, 0.5) is 0 Å². The molecule has 0 radical (unpaired) electrons. The summed E-state index contributed by atoms with van der Waals surface area (Å²) in [6, 6.07) is 15.8. The largest absolute Gasteiger partial charge is 0.466 e. The topological polar surface area (TPSA) is 72.7 Å². The van der Waals surface area contributed by atoms with Crippen molar-refractivity contribution in [1.29, 1.82) is 0 Å². The minimum atomic E-state index is -0.905. The van der Waals surface area contributed by atoms with Crippen molar-refractivity contribution in [2.45, 2.75) is 38.4 Å². The van der Waals surface area contributed by atoms with Gasteiger partial charge in [-0.05, 0) is 43.1 Å². The van der Waals surface area contributed by atoms with E-state index in [1.807, 2.05) is 42.5 Å². The molecule has 0 aliphatic carbocycles. The molecule has 3 atom stereocenters. The van der Waals surface area contributed by atoms with E-state index in [9.17, 15) is 14.9 Å². The molecular formula is C22H25ClN2O4. The molecular weight excluding hydrogens is 392 g/mol. The highest BCUT2D eigenvalue weighted by molar-refractivity contribution is 6.30. The number of nitrogens with zero attached hydrogens (tertiary/aromatic N) is 2. The van der Waals surface area contributed by atoms with Crippen LogP contribution in [-0.2, 0) is 16.1 Å². The van der Waals surface area contributed by atoms with E-state index in [4.69, 9.17) is 16.3 Å². The van der Waals surface area contributed by atoms with E-state index in [1.54, 1.807) is 19.1 Å². The first-order chi connectivity index (χ1) is 14.0. The molecule has 0 saturated carbocycles. The third-order valence-corrected chi connectivity index (χ3v) is 5.66. The summed E-state index contributed by atoms with van der Waals surface area (Å²) in [5.74, 6) is -0.757. The van der Waals surface area contributed by atoms with Crippen molar-refractivity contribution in [1.82, 2.24) is 4.90 Å². The van der Waals surface area contributed by atoms with Crippen molar-refractivity contribution >= 4 is 17.6 Å². The van der Waals surface area contributed by atoms with Crippen molar-refractivity contribution in [2.75, 3.05) is 13.2 Å². The summed E-state index contributed by atoms with van der Waals surface area (Å²) in [6.07, 6.45) is 0.629. The lowest BCUT2D eigenvalue weighted by atomic mass is 9.80. The third kappa shape index (κ3) is 5.34. The summed E-state index contributed by atoms with van der Waals surface area (Å²) in [4.78, 5) is 26.1. The molecule has 0 bridgehead atoms. The second-order valence-electron chi connectivity index (χ2n) is 7.29. The number of carbonyl (C=O) groups excluding carboxylic acids is 1. The Kier molecular flexibility index (Phi) is 7.23. The molecule has 0 unspecified atom stereocenters. The Morgan fingerprint density at radius 2 is 1.90 bits per heavy atom. The van der Waals surface area contributed by atoms with Gasteiger partial charge in [0, 0.05) is 22.4 Å². The summed E-state index contributed by atoms with van der Waals surface area (Å²) >= 11 is 6.04. The maximum atomic E-state index is 12.2. The summed E-state index contributed by atoms with van der Waals surface area (Å²) in [5, 5.41) is 12.7. The van der Waals surface area contributed by atoms with Crippen LogP contribution >= 0.6 is 11.6 Å². The summed E-state index contributed by atoms with van der Waals surface area (Å²) in [5.41, 5.74) is 1.93. The van der Waals surface area contributed by atoms with E-state index < -0.39 is 12.1 Å². The van der Waals surface area contributed by atoms with Gasteiger partial charge in [-0.25, -0.2) is 0 Å². The van der Waals surface area contributed by atoms with Crippen molar-refractivity contribution in [2.24, 2.45) is 5.92 Å². The van der Waals surface area contributed by atoms with Crippen molar-refractivity contribution in [3.63, 3.8) is 0 Å². The fourth-order valence-corrected chi connectivity index (χ4v) is 4.25. The van der Waals surface area contributed by atoms with Crippen molar-refractivity contribution < 1.29 is 14.5 Å². The summed E-state index contributed by atoms with van der Waals surface area (Å²) < 4.78 is 5.06. The predicted octanol–water partition coefficient (Wildman–Crippen LogP) is 4.50. The van der Waals surface area contributed by atoms with Gasteiger partial charge in [-0.3, -0.25) is 19.8 Å². The fourth-order valence-electron chi connectivity index (χ4n) is 4.12. The van der Waals surface area contributed by atoms with Gasteiger partial charge in [-0.1, -0.05) is 54.1 Å². The van der Waals surface area contributed by atoms with Gasteiger partial charge in [-0.2, -0.15) is 0 Å². The molecule has 6 nitrogen and oxygen atoms in total. The molecule has 2 aromatic carbocycles. The first kappa shape index (κ1) is 21.3. The van der Waals surface area contributed by atoms with Crippen molar-refractivity contribution in [3.8, 4) is 0 Å². The smallest absolute Gasteiger partial charge is 0.306 e. The van der Waals surface area contributed by atoms with Gasteiger partial charge in [0.1, 0.15) is 6.04 Å². The number of rotatable bonds is 7. The minimum absolute atomic E-state index is 0.0583. The average molecular weight is 417 g/mol. The lowest BCUT2D eigenvalue weighted by Crippen LogP contribution is -2.50. The second-order valence-corrected chi connectivity index (χ2v) is 7.72. The number of benzene rings is 2. The second kappa shape index (κ2) is 9.85. The van der Waals surface area contributed by atoms with Crippen LogP contribution in [0.25, 0.3) is 0 Å². The zero-order valence-corrected chi connectivity index (χ0v) is 17.1. The predicted molar refractivity (Wildman–Crippen MR) is 111 cm³/mol. The maximum absolute atomic E-state index is 12.2. The highest BCUT2D eigenvalue weighted by Gasteiger charge is 2.47. The third-order valence-electron chi connectivity index (χ3n) is 5.40. The van der Waals surface area contributed by atoms with Gasteiger partial charge >= 0.3 is 5.97 Å². The minimum Gasteiger partial charge on any atom is -0.466 e. The molecule has 2 aromatic rings. The molecule has 0 amide bonds. The van der Waals surface area contributed by atoms with Crippen LogP contribution < -0.4 is 0 Å². The molecule has 0 spiro atoms. The number of piperidine rings is 1. The molecule has 1 aliphatic heterocycles. The summed E-state index contributed by atoms with van der Waals surface area (Å²) in [7, 11) is 0. The first-order valence-electron chi connectivity index (χ1n) is 9.82. The zero-order valence-electron chi connectivity index (χ0n) is 16.4. The SMILES string of the molecule is CCOC(=O)C[C@H]1CCN(Cc2ccccc2)[C@H](c2ccc(Cl)cc2)[C@H]1[N+](=O)[O-]. The molecule has 1 saturated heterocycles. The maximum Gasteiger partial charge on any atom is 0.306 e. The lowest BCUT2D eigenvalue weighted by molar-refractivity contribution is -0.545. The van der Waals surface area contributed by atoms with Crippen LogP contribution in [0.3, 0.4) is 0 Å². The fraction of sp³-hybridized carbons (Fsp3) is 0.409. The Bertz CT molecular complexity index is 828. The standard InChI is InChI=1S/C22H25ClN2O4/c1-2-29-20(26)14-18-12-13-24(15-16-6-4-3-5-7-16)21(22(18)25(27)28)17-8-10-19(23)11-9-17/h3-11,18,21-22H,2,12-15H2,1H3/t18-,21-,22+/m1/s1. The summed E-state index contributed by atoms with van der Waals surface area (Å²) in [6.45, 7) is 3.28. The van der Waals surface area contributed by atoms with Crippen LogP contribution in [0.1, 0.15) is 36.9 Å². The molecule has 154 valence electrons. The van der Waals surface area contributed by atoms with Crippen LogP contribution in [0, 0.1) is 16.0 Å². The molecule has 0 N–H and O–H groups in total. The Morgan fingerprint density at radius 3 is 2.52 bits per heavy atom. The number of halogens is 1. The van der Waals surface area contributed by atoms with Gasteiger partial charge in [0.25, 0.3) is 0 Å². The van der Waals surface area contributed by atoms with Gasteiger partial charge in [0.05, 0.1) is 13.0 Å². The quantitative estimate of drug-likeness (QED) is 0.377. The van der Waals surface area contributed by atoms with E-state index >= 15 is 0 Å². The Morgan fingerprint density at radius 1 is 1.21 bits per heavy atom. The van der Waals surface area contributed by atoms with E-state index in [-0.39, 0.29) is 29.8 Å². The number of ether oxygens (including phenoxy) is 1. The van der Waals surface area contributed by atoms with E-state index in [2.05, 4.69) is 4.90 Å². The van der Waals surface area contributed by atoms with Crippen LogP contribution in [-0.4, -0.2) is 35.0 Å². The first-order valence-corrected chi connectivity index (χ1v) is 10.2. The van der Waals surface area contributed by atoms with Gasteiger partial charge in [0.15, 0.2) is 0 Å².